The number of hydrogen-bond donors (Lipinski definition) is 4. The van der Waals surface area contributed by atoms with Crippen molar-refractivity contribution in [2.24, 2.45) is 0 Å². The van der Waals surface area contributed by atoms with Crippen LogP contribution in [0.2, 0.25) is 0 Å². The zero-order chi connectivity index (χ0) is 10.8. The molecule has 1 rings (SSSR count). The first-order chi connectivity index (χ1) is 6.40. The van der Waals surface area contributed by atoms with Gasteiger partial charge in [0.05, 0.1) is 18.4 Å². The Labute approximate surface area is 81.7 Å². The Kier molecular flexibility index (Phi) is 4.06. The lowest BCUT2D eigenvalue weighted by Crippen LogP contribution is -2.44. The van der Waals surface area contributed by atoms with Crippen molar-refractivity contribution in [3.63, 3.8) is 0 Å². The highest BCUT2D eigenvalue weighted by Gasteiger charge is 2.32. The maximum absolute atomic E-state index is 10.6. The van der Waals surface area contributed by atoms with E-state index in [1.807, 2.05) is 0 Å². The van der Waals surface area contributed by atoms with Crippen molar-refractivity contribution < 1.29 is 29.3 Å². The van der Waals surface area contributed by atoms with E-state index < -0.39 is 25.9 Å². The second-order valence-corrected chi connectivity index (χ2v) is 5.21. The summed E-state index contributed by atoms with van der Waals surface area (Å²) >= 11 is 0. The Bertz CT molecular complexity index is 226. The Morgan fingerprint density at radius 3 is 2.57 bits per heavy atom. The second kappa shape index (κ2) is 4.70. The molecule has 0 amide bonds. The fraction of sp³-hybridized carbons (Fsp3) is 1.00. The molecular weight excluding hydrogens is 211 g/mol. The van der Waals surface area contributed by atoms with Crippen LogP contribution in [0.1, 0.15) is 12.8 Å². The van der Waals surface area contributed by atoms with Crippen LogP contribution in [0.5, 0.6) is 0 Å². The van der Waals surface area contributed by atoms with Gasteiger partial charge in [0, 0.05) is 6.61 Å². The number of hydrogen-bond acceptors (Lipinski definition) is 4. The van der Waals surface area contributed by atoms with Crippen LogP contribution in [0, 0.1) is 0 Å². The van der Waals surface area contributed by atoms with E-state index in [0.717, 1.165) is 0 Å². The van der Waals surface area contributed by atoms with Crippen molar-refractivity contribution >= 4 is 7.60 Å². The van der Waals surface area contributed by atoms with E-state index in [-0.39, 0.29) is 12.6 Å². The van der Waals surface area contributed by atoms with Crippen LogP contribution in [0.15, 0.2) is 0 Å². The maximum Gasteiger partial charge on any atom is 0.325 e. The van der Waals surface area contributed by atoms with E-state index in [1.165, 1.54) is 0 Å². The minimum atomic E-state index is -4.05. The molecule has 0 aromatic heterocycles. The summed E-state index contributed by atoms with van der Waals surface area (Å²) < 4.78 is 15.7. The largest absolute Gasteiger partial charge is 0.390 e. The third kappa shape index (κ3) is 3.65. The van der Waals surface area contributed by atoms with Gasteiger partial charge in [-0.05, 0) is 12.8 Å². The normalized spacial score (nSPS) is 34.4. The molecule has 0 radical (unpaired) electrons. The molecule has 1 aliphatic heterocycles. The minimum absolute atomic E-state index is 0.0580. The van der Waals surface area contributed by atoms with E-state index in [2.05, 4.69) is 0 Å². The van der Waals surface area contributed by atoms with E-state index in [1.54, 1.807) is 0 Å². The van der Waals surface area contributed by atoms with Gasteiger partial charge in [-0.2, -0.15) is 0 Å². The smallest absolute Gasteiger partial charge is 0.325 e. The zero-order valence-electron chi connectivity index (χ0n) is 7.61. The lowest BCUT2D eigenvalue weighted by molar-refractivity contribution is -0.135. The molecule has 6 nitrogen and oxygen atoms in total. The highest BCUT2D eigenvalue weighted by Crippen LogP contribution is 2.36. The topological polar surface area (TPSA) is 107 Å². The minimum Gasteiger partial charge on any atom is -0.390 e. The van der Waals surface area contributed by atoms with Crippen LogP contribution >= 0.6 is 7.60 Å². The molecular formula is C7H15O6P. The average Bonchev–Trinajstić information content (AvgIpc) is 2.06. The van der Waals surface area contributed by atoms with Crippen LogP contribution in [0.25, 0.3) is 0 Å². The van der Waals surface area contributed by atoms with Gasteiger partial charge in [-0.1, -0.05) is 0 Å². The molecule has 1 heterocycles. The number of aliphatic hydroxyl groups excluding tert-OH is 2. The summed E-state index contributed by atoms with van der Waals surface area (Å²) in [5, 5.41) is 18.7. The molecule has 0 aromatic rings. The van der Waals surface area contributed by atoms with Crippen molar-refractivity contribution in [1.82, 2.24) is 0 Å². The fourth-order valence-corrected chi connectivity index (χ4v) is 2.00. The van der Waals surface area contributed by atoms with Crippen LogP contribution < -0.4 is 0 Å². The highest BCUT2D eigenvalue weighted by molar-refractivity contribution is 7.51. The molecule has 0 unspecified atom stereocenters. The SMILES string of the molecule is O=P(O)(O)CC[C@H]1OCC[C@@H](O)[C@@H]1O. The third-order valence-electron chi connectivity index (χ3n) is 2.23. The fourth-order valence-electron chi connectivity index (χ4n) is 1.41. The molecule has 14 heavy (non-hydrogen) atoms. The van der Waals surface area contributed by atoms with Crippen LogP contribution in [0.4, 0.5) is 0 Å². The van der Waals surface area contributed by atoms with E-state index >= 15 is 0 Å². The lowest BCUT2D eigenvalue weighted by Gasteiger charge is -2.32. The standard InChI is InChI=1S/C7H15O6P/c8-5-1-3-13-6(7(5)9)2-4-14(10,11)12/h5-9H,1-4H2,(H2,10,11,12)/t5-,6-,7+/m1/s1. The summed E-state index contributed by atoms with van der Waals surface area (Å²) in [6.07, 6.45) is -2.50. The first-order valence-corrected chi connectivity index (χ1v) is 6.22. The van der Waals surface area contributed by atoms with Gasteiger partial charge in [-0.15, -0.1) is 0 Å². The van der Waals surface area contributed by atoms with E-state index in [0.29, 0.717) is 13.0 Å². The molecule has 0 saturated carbocycles. The van der Waals surface area contributed by atoms with Gasteiger partial charge in [0.1, 0.15) is 6.10 Å². The molecule has 0 bridgehead atoms. The second-order valence-electron chi connectivity index (χ2n) is 3.43. The summed E-state index contributed by atoms with van der Waals surface area (Å²) in [5.74, 6) is 0. The van der Waals surface area contributed by atoms with Crippen molar-refractivity contribution in [1.29, 1.82) is 0 Å². The van der Waals surface area contributed by atoms with E-state index in [9.17, 15) is 14.8 Å². The maximum atomic E-state index is 10.6. The summed E-state index contributed by atoms with van der Waals surface area (Å²) in [5.41, 5.74) is 0. The summed E-state index contributed by atoms with van der Waals surface area (Å²) in [6, 6.07) is 0. The Morgan fingerprint density at radius 1 is 1.36 bits per heavy atom. The van der Waals surface area contributed by atoms with Gasteiger partial charge in [0.2, 0.25) is 0 Å². The summed E-state index contributed by atoms with van der Waals surface area (Å²) in [7, 11) is -4.05. The predicted octanol–water partition coefficient (Wildman–Crippen LogP) is -0.935. The quantitative estimate of drug-likeness (QED) is 0.463. The van der Waals surface area contributed by atoms with Gasteiger partial charge >= 0.3 is 7.60 Å². The average molecular weight is 226 g/mol. The Morgan fingerprint density at radius 2 is 2.00 bits per heavy atom. The molecule has 84 valence electrons. The number of ether oxygens (including phenoxy) is 1. The first-order valence-electron chi connectivity index (χ1n) is 4.42. The summed E-state index contributed by atoms with van der Waals surface area (Å²) in [6.45, 7) is 0.310. The monoisotopic (exact) mass is 226 g/mol. The molecule has 0 spiro atoms. The molecule has 1 fully saturated rings. The summed E-state index contributed by atoms with van der Waals surface area (Å²) in [4.78, 5) is 17.2. The van der Waals surface area contributed by atoms with E-state index in [4.69, 9.17) is 14.5 Å². The zero-order valence-corrected chi connectivity index (χ0v) is 8.51. The lowest BCUT2D eigenvalue weighted by atomic mass is 10.0. The number of rotatable bonds is 3. The molecule has 4 N–H and O–H groups in total. The first kappa shape index (κ1) is 12.1. The molecule has 3 atom stereocenters. The van der Waals surface area contributed by atoms with Gasteiger partial charge < -0.3 is 24.7 Å². The van der Waals surface area contributed by atoms with Gasteiger partial charge in [0.15, 0.2) is 0 Å². The molecule has 7 heteroatoms. The van der Waals surface area contributed by atoms with Crippen molar-refractivity contribution in [2.45, 2.75) is 31.2 Å². The predicted molar refractivity (Wildman–Crippen MR) is 47.9 cm³/mol. The van der Waals surface area contributed by atoms with Gasteiger partial charge in [0.25, 0.3) is 0 Å². The van der Waals surface area contributed by atoms with Crippen molar-refractivity contribution in [2.75, 3.05) is 12.8 Å². The van der Waals surface area contributed by atoms with Crippen LogP contribution in [-0.4, -0.2) is 51.1 Å². The highest BCUT2D eigenvalue weighted by atomic mass is 31.2. The van der Waals surface area contributed by atoms with Crippen LogP contribution in [0.3, 0.4) is 0 Å². The Balaban J connectivity index is 2.40. The van der Waals surface area contributed by atoms with Gasteiger partial charge in [-0.3, -0.25) is 4.57 Å². The number of aliphatic hydroxyl groups is 2. The molecule has 1 saturated heterocycles. The molecule has 0 aliphatic carbocycles. The molecule has 1 aliphatic rings. The van der Waals surface area contributed by atoms with Crippen molar-refractivity contribution in [3.8, 4) is 0 Å². The molecule has 0 aromatic carbocycles. The third-order valence-corrected chi connectivity index (χ3v) is 3.07. The van der Waals surface area contributed by atoms with Crippen LogP contribution in [-0.2, 0) is 9.30 Å². The Hall–Kier alpha value is 0.0300. The van der Waals surface area contributed by atoms with Gasteiger partial charge in [-0.25, -0.2) is 0 Å². The van der Waals surface area contributed by atoms with Crippen molar-refractivity contribution in [3.05, 3.63) is 0 Å².